The van der Waals surface area contributed by atoms with Crippen LogP contribution in [-0.2, 0) is 12.8 Å². The fourth-order valence-electron chi connectivity index (χ4n) is 3.80. The van der Waals surface area contributed by atoms with Gasteiger partial charge in [-0.05, 0) is 54.7 Å². The normalized spacial score (nSPS) is 16.2. The zero-order valence-electron chi connectivity index (χ0n) is 17.5. The smallest absolute Gasteiger partial charge is 0.259 e. The summed E-state index contributed by atoms with van der Waals surface area (Å²) in [7, 11) is 0. The Balaban J connectivity index is 1.95. The molecule has 4 nitrogen and oxygen atoms in total. The van der Waals surface area contributed by atoms with E-state index in [0.29, 0.717) is 23.0 Å². The second kappa shape index (κ2) is 8.66. The second-order valence-corrected chi connectivity index (χ2v) is 9.81. The lowest BCUT2D eigenvalue weighted by Crippen LogP contribution is -2.29. The predicted octanol–water partition coefficient (Wildman–Crippen LogP) is 5.43. The molecule has 0 aliphatic heterocycles. The molecule has 2 amide bonds. The third-order valence-electron chi connectivity index (χ3n) is 5.60. The number of rotatable bonds is 5. The highest BCUT2D eigenvalue weighted by molar-refractivity contribution is 7.17. The third-order valence-corrected chi connectivity index (χ3v) is 6.77. The summed E-state index contributed by atoms with van der Waals surface area (Å²) >= 11 is 1.46. The second-order valence-electron chi connectivity index (χ2n) is 8.70. The number of thiophene rings is 1. The lowest BCUT2D eigenvalue weighted by molar-refractivity contribution is 0.0953. The van der Waals surface area contributed by atoms with Crippen LogP contribution in [0.15, 0.2) is 24.3 Å². The fourth-order valence-corrected chi connectivity index (χ4v) is 5.12. The monoisotopic (exact) mass is 416 g/mol. The standard InChI is InChI=1S/C23H29FN2O2S/c1-5-12-25-21(28)19-16-11-10-14(23(2,3)4)13-18(16)29-22(19)26-20(27)15-8-6-7-9-17(15)24/h6-9,14H,5,10-13H2,1-4H3,(H,25,28)(H,26,27)/t14-/m1/s1. The quantitative estimate of drug-likeness (QED) is 0.683. The zero-order chi connectivity index (χ0) is 21.2. The van der Waals surface area contributed by atoms with Gasteiger partial charge in [-0.2, -0.15) is 0 Å². The number of amides is 2. The van der Waals surface area contributed by atoms with E-state index in [1.165, 1.54) is 23.5 Å². The van der Waals surface area contributed by atoms with Crippen molar-refractivity contribution in [3.8, 4) is 0 Å². The molecule has 0 bridgehead atoms. The van der Waals surface area contributed by atoms with Gasteiger partial charge in [0, 0.05) is 11.4 Å². The highest BCUT2D eigenvalue weighted by Gasteiger charge is 2.34. The Labute approximate surface area is 175 Å². The van der Waals surface area contributed by atoms with Crippen molar-refractivity contribution in [1.29, 1.82) is 0 Å². The molecule has 0 spiro atoms. The van der Waals surface area contributed by atoms with Crippen LogP contribution >= 0.6 is 11.3 Å². The first-order valence-corrected chi connectivity index (χ1v) is 11.0. The van der Waals surface area contributed by atoms with Crippen LogP contribution in [0.2, 0.25) is 0 Å². The first-order chi connectivity index (χ1) is 13.7. The van der Waals surface area contributed by atoms with Crippen molar-refractivity contribution in [3.63, 3.8) is 0 Å². The van der Waals surface area contributed by atoms with Gasteiger partial charge in [0.15, 0.2) is 0 Å². The molecule has 0 saturated carbocycles. The van der Waals surface area contributed by atoms with E-state index in [4.69, 9.17) is 0 Å². The average Bonchev–Trinajstić information content (AvgIpc) is 3.02. The molecule has 0 saturated heterocycles. The van der Waals surface area contributed by atoms with E-state index in [0.717, 1.165) is 36.1 Å². The Kier molecular flexibility index (Phi) is 6.42. The number of hydrogen-bond acceptors (Lipinski definition) is 3. The first kappa shape index (κ1) is 21.5. The van der Waals surface area contributed by atoms with Crippen LogP contribution in [0.4, 0.5) is 9.39 Å². The summed E-state index contributed by atoms with van der Waals surface area (Å²) in [5.41, 5.74) is 1.75. The molecule has 1 aliphatic rings. The summed E-state index contributed by atoms with van der Waals surface area (Å²) in [6, 6.07) is 5.88. The van der Waals surface area contributed by atoms with Crippen molar-refractivity contribution >= 4 is 28.2 Å². The van der Waals surface area contributed by atoms with Crippen molar-refractivity contribution in [3.05, 3.63) is 51.7 Å². The molecule has 29 heavy (non-hydrogen) atoms. The van der Waals surface area contributed by atoms with Crippen LogP contribution in [0, 0.1) is 17.2 Å². The molecule has 2 N–H and O–H groups in total. The van der Waals surface area contributed by atoms with Crippen LogP contribution in [0.1, 0.15) is 71.7 Å². The van der Waals surface area contributed by atoms with Gasteiger partial charge in [0.1, 0.15) is 10.8 Å². The predicted molar refractivity (Wildman–Crippen MR) is 116 cm³/mol. The van der Waals surface area contributed by atoms with E-state index in [1.54, 1.807) is 12.1 Å². The minimum absolute atomic E-state index is 0.0219. The Morgan fingerprint density at radius 1 is 1.21 bits per heavy atom. The number of halogens is 1. The number of hydrogen-bond donors (Lipinski definition) is 2. The number of nitrogens with one attached hydrogen (secondary N) is 2. The van der Waals surface area contributed by atoms with Crippen molar-refractivity contribution < 1.29 is 14.0 Å². The number of carbonyl (C=O) groups is 2. The Morgan fingerprint density at radius 3 is 2.59 bits per heavy atom. The van der Waals surface area contributed by atoms with Crippen molar-refractivity contribution in [2.45, 2.75) is 53.4 Å². The van der Waals surface area contributed by atoms with Gasteiger partial charge in [0.25, 0.3) is 11.8 Å². The van der Waals surface area contributed by atoms with Gasteiger partial charge in [-0.1, -0.05) is 39.8 Å². The third kappa shape index (κ3) is 4.69. The minimum Gasteiger partial charge on any atom is -0.352 e. The highest BCUT2D eigenvalue weighted by Crippen LogP contribution is 2.44. The fraction of sp³-hybridized carbons (Fsp3) is 0.478. The molecule has 2 aromatic rings. The largest absolute Gasteiger partial charge is 0.352 e. The average molecular weight is 417 g/mol. The topological polar surface area (TPSA) is 58.2 Å². The molecule has 1 aromatic heterocycles. The maximum Gasteiger partial charge on any atom is 0.259 e. The van der Waals surface area contributed by atoms with Gasteiger partial charge in [0.2, 0.25) is 0 Å². The van der Waals surface area contributed by atoms with Crippen molar-refractivity contribution in [2.75, 3.05) is 11.9 Å². The molecule has 3 rings (SSSR count). The van der Waals surface area contributed by atoms with Crippen LogP contribution < -0.4 is 10.6 Å². The number of carbonyl (C=O) groups excluding carboxylic acids is 2. The molecule has 1 atom stereocenters. The molecule has 1 aliphatic carbocycles. The number of benzene rings is 1. The summed E-state index contributed by atoms with van der Waals surface area (Å²) in [6.07, 6.45) is 3.56. The van der Waals surface area contributed by atoms with Gasteiger partial charge < -0.3 is 10.6 Å². The molecule has 0 fully saturated rings. The molecule has 0 unspecified atom stereocenters. The Hall–Kier alpha value is -2.21. The van der Waals surface area contributed by atoms with Crippen LogP contribution in [-0.4, -0.2) is 18.4 Å². The lowest BCUT2D eigenvalue weighted by atomic mass is 9.72. The van der Waals surface area contributed by atoms with Crippen LogP contribution in [0.3, 0.4) is 0 Å². The van der Waals surface area contributed by atoms with Gasteiger partial charge in [-0.25, -0.2) is 4.39 Å². The van der Waals surface area contributed by atoms with E-state index in [2.05, 4.69) is 31.4 Å². The van der Waals surface area contributed by atoms with E-state index in [-0.39, 0.29) is 16.9 Å². The summed E-state index contributed by atoms with van der Waals surface area (Å²) in [6.45, 7) is 9.30. The molecule has 6 heteroatoms. The Morgan fingerprint density at radius 2 is 1.93 bits per heavy atom. The summed E-state index contributed by atoms with van der Waals surface area (Å²) < 4.78 is 14.0. The number of anilines is 1. The molecule has 1 aromatic carbocycles. The molecular weight excluding hydrogens is 387 g/mol. The van der Waals surface area contributed by atoms with Gasteiger partial charge in [-0.15, -0.1) is 11.3 Å². The van der Waals surface area contributed by atoms with Gasteiger partial charge in [-0.3, -0.25) is 9.59 Å². The van der Waals surface area contributed by atoms with Crippen molar-refractivity contribution in [1.82, 2.24) is 5.32 Å². The summed E-state index contributed by atoms with van der Waals surface area (Å²) in [5, 5.41) is 6.27. The summed E-state index contributed by atoms with van der Waals surface area (Å²) in [4.78, 5) is 26.7. The lowest BCUT2D eigenvalue weighted by Gasteiger charge is -2.33. The van der Waals surface area contributed by atoms with Gasteiger partial charge in [0.05, 0.1) is 11.1 Å². The van der Waals surface area contributed by atoms with Crippen molar-refractivity contribution in [2.24, 2.45) is 11.3 Å². The maximum atomic E-state index is 14.0. The van der Waals surface area contributed by atoms with Gasteiger partial charge >= 0.3 is 0 Å². The summed E-state index contributed by atoms with van der Waals surface area (Å²) in [5.74, 6) is -0.743. The minimum atomic E-state index is -0.573. The molecule has 0 radical (unpaired) electrons. The Bertz CT molecular complexity index is 914. The van der Waals surface area contributed by atoms with Crippen LogP contribution in [0.5, 0.6) is 0 Å². The highest BCUT2D eigenvalue weighted by atomic mass is 32.1. The maximum absolute atomic E-state index is 14.0. The number of fused-ring (bicyclic) bond motifs is 1. The molecule has 156 valence electrons. The van der Waals surface area contributed by atoms with Crippen LogP contribution in [0.25, 0.3) is 0 Å². The van der Waals surface area contributed by atoms with E-state index in [9.17, 15) is 14.0 Å². The molecule has 1 heterocycles. The molecular formula is C23H29FN2O2S. The van der Waals surface area contributed by atoms with E-state index in [1.807, 2.05) is 6.92 Å². The SMILES string of the molecule is CCCNC(=O)c1c(NC(=O)c2ccccc2F)sc2c1CC[C@@H](C(C)(C)C)C2. The first-order valence-electron chi connectivity index (χ1n) is 10.2. The van der Waals surface area contributed by atoms with E-state index >= 15 is 0 Å². The zero-order valence-corrected chi connectivity index (χ0v) is 18.3. The van der Waals surface area contributed by atoms with E-state index < -0.39 is 11.7 Å².